The molecule has 1 nitrogen and oxygen atoms in total. The Morgan fingerprint density at radius 1 is 1.07 bits per heavy atom. The molecule has 0 bridgehead atoms. The molecule has 0 fully saturated rings. The first-order chi connectivity index (χ1) is 7.34. The van der Waals surface area contributed by atoms with Crippen molar-refractivity contribution in [2.45, 2.75) is 19.8 Å². The van der Waals surface area contributed by atoms with Crippen molar-refractivity contribution in [1.29, 1.82) is 0 Å². The fourth-order valence-electron chi connectivity index (χ4n) is 1.25. The van der Waals surface area contributed by atoms with E-state index in [9.17, 15) is 0 Å². The van der Waals surface area contributed by atoms with Gasteiger partial charge in [-0.3, -0.25) is 4.98 Å². The molecule has 1 aromatic heterocycles. The molecular formula is C14H17N. The highest BCUT2D eigenvalue weighted by Gasteiger charge is 1.98. The van der Waals surface area contributed by atoms with Crippen LogP contribution in [0.1, 0.15) is 25.3 Å². The third kappa shape index (κ3) is 4.41. The van der Waals surface area contributed by atoms with Gasteiger partial charge < -0.3 is 0 Å². The lowest BCUT2D eigenvalue weighted by Gasteiger charge is -2.04. The summed E-state index contributed by atoms with van der Waals surface area (Å²) in [6.45, 7) is 4.18. The molecule has 0 saturated carbocycles. The fourth-order valence-corrected chi connectivity index (χ4v) is 1.25. The fraction of sp³-hybridized carbons (Fsp3) is 0.214. The van der Waals surface area contributed by atoms with Crippen LogP contribution in [0, 0.1) is 0 Å². The van der Waals surface area contributed by atoms with Gasteiger partial charge in [0.15, 0.2) is 0 Å². The van der Waals surface area contributed by atoms with E-state index in [1.54, 1.807) is 0 Å². The standard InChI is InChI=1S/C14H17N/c1-3-4-5-6-7-8-13(2)14-9-11-15-12-10-14/h3-13H,1-2H3/b4-3-,6-5-,8-7+. The molecule has 1 aromatic rings. The lowest BCUT2D eigenvalue weighted by molar-refractivity contribution is 0.961. The van der Waals surface area contributed by atoms with Crippen molar-refractivity contribution in [3.05, 3.63) is 66.5 Å². The molecule has 1 heterocycles. The van der Waals surface area contributed by atoms with Crippen LogP contribution in [0.5, 0.6) is 0 Å². The highest BCUT2D eigenvalue weighted by molar-refractivity contribution is 5.22. The van der Waals surface area contributed by atoms with Crippen LogP contribution in [0.4, 0.5) is 0 Å². The van der Waals surface area contributed by atoms with Crippen LogP contribution in [0.2, 0.25) is 0 Å². The van der Waals surface area contributed by atoms with E-state index in [-0.39, 0.29) is 0 Å². The number of hydrogen-bond donors (Lipinski definition) is 0. The highest BCUT2D eigenvalue weighted by atomic mass is 14.6. The Hall–Kier alpha value is -1.63. The Kier molecular flexibility index (Phi) is 5.16. The van der Waals surface area contributed by atoms with E-state index in [1.807, 2.05) is 55.8 Å². The molecule has 1 heteroatoms. The van der Waals surface area contributed by atoms with E-state index in [1.165, 1.54) is 5.56 Å². The first kappa shape index (κ1) is 11.4. The van der Waals surface area contributed by atoms with Crippen LogP contribution < -0.4 is 0 Å². The van der Waals surface area contributed by atoms with Gasteiger partial charge in [0.05, 0.1) is 0 Å². The van der Waals surface area contributed by atoms with Gasteiger partial charge in [-0.15, -0.1) is 0 Å². The molecule has 0 amide bonds. The normalized spacial score (nSPS) is 14.3. The van der Waals surface area contributed by atoms with E-state index >= 15 is 0 Å². The Labute approximate surface area is 91.9 Å². The van der Waals surface area contributed by atoms with Crippen LogP contribution in [-0.2, 0) is 0 Å². The van der Waals surface area contributed by atoms with Gasteiger partial charge in [-0.1, -0.05) is 43.4 Å². The molecule has 0 saturated heterocycles. The van der Waals surface area contributed by atoms with Crippen LogP contribution in [0.25, 0.3) is 0 Å². The minimum absolute atomic E-state index is 0.434. The smallest absolute Gasteiger partial charge is 0.0270 e. The molecule has 15 heavy (non-hydrogen) atoms. The Morgan fingerprint density at radius 3 is 2.40 bits per heavy atom. The summed E-state index contributed by atoms with van der Waals surface area (Å²) in [5, 5.41) is 0. The Balaban J connectivity index is 2.52. The predicted molar refractivity (Wildman–Crippen MR) is 65.7 cm³/mol. The molecule has 0 radical (unpaired) electrons. The summed E-state index contributed by atoms with van der Waals surface area (Å²) >= 11 is 0. The zero-order valence-electron chi connectivity index (χ0n) is 9.30. The van der Waals surface area contributed by atoms with Crippen LogP contribution in [-0.4, -0.2) is 4.98 Å². The molecule has 78 valence electrons. The van der Waals surface area contributed by atoms with Gasteiger partial charge in [0.2, 0.25) is 0 Å². The Bertz CT molecular complexity index is 347. The quantitative estimate of drug-likeness (QED) is 0.671. The second kappa shape index (κ2) is 6.77. The largest absolute Gasteiger partial charge is 0.265 e. The van der Waals surface area contributed by atoms with Gasteiger partial charge in [0.1, 0.15) is 0 Å². The van der Waals surface area contributed by atoms with Crippen molar-refractivity contribution in [1.82, 2.24) is 4.98 Å². The molecule has 0 aliphatic heterocycles. The minimum atomic E-state index is 0.434. The maximum absolute atomic E-state index is 4.00. The molecule has 0 aliphatic carbocycles. The first-order valence-corrected chi connectivity index (χ1v) is 5.20. The van der Waals surface area contributed by atoms with E-state index in [0.29, 0.717) is 5.92 Å². The van der Waals surface area contributed by atoms with E-state index in [0.717, 1.165) is 0 Å². The van der Waals surface area contributed by atoms with Crippen LogP contribution in [0.3, 0.4) is 0 Å². The molecule has 0 N–H and O–H groups in total. The summed E-state index contributed by atoms with van der Waals surface area (Å²) in [5.41, 5.74) is 1.29. The molecule has 1 rings (SSSR count). The number of nitrogens with zero attached hydrogens (tertiary/aromatic N) is 1. The van der Waals surface area contributed by atoms with Gasteiger partial charge in [0, 0.05) is 12.4 Å². The maximum Gasteiger partial charge on any atom is 0.0270 e. The van der Waals surface area contributed by atoms with Crippen molar-refractivity contribution >= 4 is 0 Å². The predicted octanol–water partition coefficient (Wildman–Crippen LogP) is 3.87. The van der Waals surface area contributed by atoms with Crippen molar-refractivity contribution in [2.24, 2.45) is 0 Å². The number of pyridine rings is 1. The molecule has 0 aromatic carbocycles. The van der Waals surface area contributed by atoms with Gasteiger partial charge in [-0.25, -0.2) is 0 Å². The third-order valence-corrected chi connectivity index (χ3v) is 2.16. The van der Waals surface area contributed by atoms with Crippen molar-refractivity contribution in [3.8, 4) is 0 Å². The van der Waals surface area contributed by atoms with Gasteiger partial charge >= 0.3 is 0 Å². The molecule has 0 aliphatic rings. The molecule has 0 spiro atoms. The summed E-state index contributed by atoms with van der Waals surface area (Å²) in [4.78, 5) is 4.00. The molecular weight excluding hydrogens is 182 g/mol. The van der Waals surface area contributed by atoms with Gasteiger partial charge in [-0.2, -0.15) is 0 Å². The number of allylic oxidation sites excluding steroid dienone is 6. The molecule has 1 unspecified atom stereocenters. The second-order valence-corrected chi connectivity index (χ2v) is 3.36. The summed E-state index contributed by atoms with van der Waals surface area (Å²) in [6, 6.07) is 4.09. The maximum atomic E-state index is 4.00. The van der Waals surface area contributed by atoms with Gasteiger partial charge in [0.25, 0.3) is 0 Å². The summed E-state index contributed by atoms with van der Waals surface area (Å²) < 4.78 is 0. The van der Waals surface area contributed by atoms with E-state index in [2.05, 4.69) is 24.1 Å². The zero-order chi connectivity index (χ0) is 10.9. The summed E-state index contributed by atoms with van der Waals surface area (Å²) in [5.74, 6) is 0.434. The van der Waals surface area contributed by atoms with Crippen molar-refractivity contribution in [2.75, 3.05) is 0 Å². The highest BCUT2D eigenvalue weighted by Crippen LogP contribution is 2.14. The van der Waals surface area contributed by atoms with E-state index < -0.39 is 0 Å². The summed E-state index contributed by atoms with van der Waals surface area (Å²) in [6.07, 6.45) is 16.0. The van der Waals surface area contributed by atoms with E-state index in [4.69, 9.17) is 0 Å². The van der Waals surface area contributed by atoms with Crippen LogP contribution in [0.15, 0.2) is 61.0 Å². The van der Waals surface area contributed by atoms with Gasteiger partial charge in [-0.05, 0) is 30.5 Å². The van der Waals surface area contributed by atoms with Crippen LogP contribution >= 0.6 is 0 Å². The Morgan fingerprint density at radius 2 is 1.73 bits per heavy atom. The first-order valence-electron chi connectivity index (χ1n) is 5.20. The number of rotatable bonds is 4. The summed E-state index contributed by atoms with van der Waals surface area (Å²) in [7, 11) is 0. The topological polar surface area (TPSA) is 12.9 Å². The minimum Gasteiger partial charge on any atom is -0.265 e. The average molecular weight is 199 g/mol. The zero-order valence-corrected chi connectivity index (χ0v) is 9.30. The SMILES string of the molecule is C\C=C/C=C\C=C\C(C)c1ccncc1. The van der Waals surface area contributed by atoms with Crippen molar-refractivity contribution < 1.29 is 0 Å². The number of aromatic nitrogens is 1. The van der Waals surface area contributed by atoms with Crippen molar-refractivity contribution in [3.63, 3.8) is 0 Å². The molecule has 1 atom stereocenters. The third-order valence-electron chi connectivity index (χ3n) is 2.16. The second-order valence-electron chi connectivity index (χ2n) is 3.36. The lowest BCUT2D eigenvalue weighted by Crippen LogP contribution is -1.87. The average Bonchev–Trinajstić information content (AvgIpc) is 2.30. The number of hydrogen-bond acceptors (Lipinski definition) is 1. The monoisotopic (exact) mass is 199 g/mol. The lowest BCUT2D eigenvalue weighted by atomic mass is 10.0.